The number of Topliss-reactive ketones (excluding diaryl/α,β-unsaturated/α-hetero) is 1. The van der Waals surface area contributed by atoms with E-state index in [0.29, 0.717) is 15.7 Å². The summed E-state index contributed by atoms with van der Waals surface area (Å²) in [6.07, 6.45) is 0. The van der Waals surface area contributed by atoms with E-state index in [0.717, 1.165) is 17.1 Å². The molecule has 0 saturated carbocycles. The van der Waals surface area contributed by atoms with E-state index >= 15 is 0 Å². The normalized spacial score (nSPS) is 12.0. The van der Waals surface area contributed by atoms with Crippen molar-refractivity contribution in [2.75, 3.05) is 7.11 Å². The minimum absolute atomic E-state index is 0.0358. The zero-order chi connectivity index (χ0) is 18.7. The van der Waals surface area contributed by atoms with E-state index in [4.69, 9.17) is 16.3 Å². The Morgan fingerprint density at radius 3 is 2.38 bits per heavy atom. The molecule has 0 aliphatic carbocycles. The molecule has 1 aromatic heterocycles. The molecule has 3 aromatic rings. The van der Waals surface area contributed by atoms with Gasteiger partial charge in [0.15, 0.2) is 16.8 Å². The van der Waals surface area contributed by atoms with Gasteiger partial charge in [0, 0.05) is 23.2 Å². The zero-order valence-electron chi connectivity index (χ0n) is 14.6. The summed E-state index contributed by atoms with van der Waals surface area (Å²) in [4.78, 5) is 12.6. The highest BCUT2D eigenvalue weighted by atomic mass is 35.5. The fourth-order valence-electron chi connectivity index (χ4n) is 2.47. The third-order valence-corrected chi connectivity index (χ3v) is 5.35. The second-order valence-corrected chi connectivity index (χ2v) is 7.47. The molecule has 0 amide bonds. The number of benzene rings is 2. The number of carbonyl (C=O) groups is 1. The average Bonchev–Trinajstić information content (AvgIpc) is 3.02. The van der Waals surface area contributed by atoms with Crippen LogP contribution in [0.5, 0.6) is 5.75 Å². The number of hydrogen-bond acceptors (Lipinski definition) is 5. The lowest BCUT2D eigenvalue weighted by molar-refractivity contribution is 0.0994. The fourth-order valence-corrected chi connectivity index (χ4v) is 3.49. The van der Waals surface area contributed by atoms with Crippen molar-refractivity contribution in [2.24, 2.45) is 7.05 Å². The molecule has 0 radical (unpaired) electrons. The van der Waals surface area contributed by atoms with Crippen LogP contribution in [0.3, 0.4) is 0 Å². The molecule has 26 heavy (non-hydrogen) atoms. The van der Waals surface area contributed by atoms with Crippen LogP contribution in [0, 0.1) is 0 Å². The summed E-state index contributed by atoms with van der Waals surface area (Å²) in [6, 6.07) is 14.5. The van der Waals surface area contributed by atoms with Gasteiger partial charge in [-0.3, -0.25) is 4.79 Å². The standard InChI is InChI=1S/C19H18ClN3O2S/c1-12(17(24)13-6-10-16(25-3)11-7-13)26-19-22-21-18(23(19)2)14-4-8-15(20)9-5-14/h4-12H,1-3H3. The van der Waals surface area contributed by atoms with Gasteiger partial charge in [-0.1, -0.05) is 23.4 Å². The van der Waals surface area contributed by atoms with Gasteiger partial charge in [-0.05, 0) is 55.5 Å². The highest BCUT2D eigenvalue weighted by Gasteiger charge is 2.20. The molecule has 134 valence electrons. The lowest BCUT2D eigenvalue weighted by Gasteiger charge is -2.10. The number of ketones is 1. The summed E-state index contributed by atoms with van der Waals surface area (Å²) in [5.74, 6) is 1.49. The molecule has 0 fully saturated rings. The average molecular weight is 388 g/mol. The summed E-state index contributed by atoms with van der Waals surface area (Å²) in [7, 11) is 3.48. The Balaban J connectivity index is 1.75. The quantitative estimate of drug-likeness (QED) is 0.460. The molecule has 0 saturated heterocycles. The van der Waals surface area contributed by atoms with Crippen LogP contribution in [0.4, 0.5) is 0 Å². The molecular formula is C19H18ClN3O2S. The first-order valence-electron chi connectivity index (χ1n) is 8.00. The van der Waals surface area contributed by atoms with E-state index in [9.17, 15) is 4.79 Å². The second kappa shape index (κ2) is 7.93. The molecule has 1 atom stereocenters. The van der Waals surface area contributed by atoms with Gasteiger partial charge in [0.1, 0.15) is 5.75 Å². The maximum Gasteiger partial charge on any atom is 0.191 e. The van der Waals surface area contributed by atoms with Crippen LogP contribution in [0.25, 0.3) is 11.4 Å². The minimum atomic E-state index is -0.288. The molecule has 0 bridgehead atoms. The number of ether oxygens (including phenoxy) is 1. The van der Waals surface area contributed by atoms with Crippen molar-refractivity contribution in [3.63, 3.8) is 0 Å². The lowest BCUT2D eigenvalue weighted by atomic mass is 10.1. The predicted molar refractivity (Wildman–Crippen MR) is 104 cm³/mol. The van der Waals surface area contributed by atoms with Crippen molar-refractivity contribution in [3.8, 4) is 17.1 Å². The Morgan fingerprint density at radius 2 is 1.77 bits per heavy atom. The third kappa shape index (κ3) is 3.92. The van der Waals surface area contributed by atoms with Crippen LogP contribution >= 0.6 is 23.4 Å². The van der Waals surface area contributed by atoms with Gasteiger partial charge < -0.3 is 9.30 Å². The molecule has 0 aliphatic rings. The first-order valence-corrected chi connectivity index (χ1v) is 9.25. The summed E-state index contributed by atoms with van der Waals surface area (Å²) < 4.78 is 7.01. The van der Waals surface area contributed by atoms with E-state index in [1.165, 1.54) is 11.8 Å². The number of rotatable bonds is 6. The Hall–Kier alpha value is -2.31. The van der Waals surface area contributed by atoms with Crippen molar-refractivity contribution in [1.82, 2.24) is 14.8 Å². The van der Waals surface area contributed by atoms with Crippen LogP contribution in [0.1, 0.15) is 17.3 Å². The molecule has 2 aromatic carbocycles. The Labute approximate surface area is 161 Å². The summed E-state index contributed by atoms with van der Waals surface area (Å²) in [5.41, 5.74) is 1.57. The van der Waals surface area contributed by atoms with Gasteiger partial charge in [0.05, 0.1) is 12.4 Å². The number of aromatic nitrogens is 3. The summed E-state index contributed by atoms with van der Waals surface area (Å²) in [5, 5.41) is 9.54. The highest BCUT2D eigenvalue weighted by Crippen LogP contribution is 2.28. The number of carbonyl (C=O) groups excluding carboxylic acids is 1. The summed E-state index contributed by atoms with van der Waals surface area (Å²) >= 11 is 7.32. The number of halogens is 1. The Bertz CT molecular complexity index is 908. The lowest BCUT2D eigenvalue weighted by Crippen LogP contribution is -2.14. The van der Waals surface area contributed by atoms with Crippen molar-refractivity contribution < 1.29 is 9.53 Å². The summed E-state index contributed by atoms with van der Waals surface area (Å²) in [6.45, 7) is 1.87. The first-order chi connectivity index (χ1) is 12.5. The largest absolute Gasteiger partial charge is 0.497 e. The van der Waals surface area contributed by atoms with Gasteiger partial charge >= 0.3 is 0 Å². The molecule has 7 heteroatoms. The molecule has 5 nitrogen and oxygen atoms in total. The van der Waals surface area contributed by atoms with Gasteiger partial charge in [-0.15, -0.1) is 10.2 Å². The highest BCUT2D eigenvalue weighted by molar-refractivity contribution is 8.00. The second-order valence-electron chi connectivity index (χ2n) is 5.72. The van der Waals surface area contributed by atoms with Crippen molar-refractivity contribution in [2.45, 2.75) is 17.3 Å². The third-order valence-electron chi connectivity index (χ3n) is 3.96. The molecule has 0 aliphatic heterocycles. The van der Waals surface area contributed by atoms with Crippen molar-refractivity contribution in [3.05, 3.63) is 59.1 Å². The van der Waals surface area contributed by atoms with E-state index in [1.807, 2.05) is 42.8 Å². The smallest absolute Gasteiger partial charge is 0.191 e. The van der Waals surface area contributed by atoms with Crippen molar-refractivity contribution >= 4 is 29.1 Å². The Morgan fingerprint density at radius 1 is 1.12 bits per heavy atom. The molecular weight excluding hydrogens is 370 g/mol. The van der Waals surface area contributed by atoms with Crippen LogP contribution in [-0.2, 0) is 7.05 Å². The zero-order valence-corrected chi connectivity index (χ0v) is 16.2. The predicted octanol–water partition coefficient (Wildman–Crippen LogP) is 4.51. The topological polar surface area (TPSA) is 57.0 Å². The van der Waals surface area contributed by atoms with E-state index in [1.54, 1.807) is 31.4 Å². The molecule has 1 unspecified atom stereocenters. The SMILES string of the molecule is COc1ccc(C(=O)C(C)Sc2nnc(-c3ccc(Cl)cc3)n2C)cc1. The van der Waals surface area contributed by atoms with Gasteiger partial charge in [0.25, 0.3) is 0 Å². The molecule has 0 N–H and O–H groups in total. The van der Waals surface area contributed by atoms with E-state index in [-0.39, 0.29) is 11.0 Å². The first kappa shape index (κ1) is 18.5. The van der Waals surface area contributed by atoms with Crippen LogP contribution < -0.4 is 4.74 Å². The van der Waals surface area contributed by atoms with Crippen LogP contribution in [-0.4, -0.2) is 32.9 Å². The maximum atomic E-state index is 12.6. The van der Waals surface area contributed by atoms with Crippen LogP contribution in [0.15, 0.2) is 53.7 Å². The van der Waals surface area contributed by atoms with E-state index in [2.05, 4.69) is 10.2 Å². The number of methoxy groups -OCH3 is 1. The van der Waals surface area contributed by atoms with Crippen molar-refractivity contribution in [1.29, 1.82) is 0 Å². The number of nitrogens with zero attached hydrogens (tertiary/aromatic N) is 3. The molecule has 3 rings (SSSR count). The number of thioether (sulfide) groups is 1. The molecule has 0 spiro atoms. The van der Waals surface area contributed by atoms with Gasteiger partial charge in [-0.2, -0.15) is 0 Å². The maximum absolute atomic E-state index is 12.6. The fraction of sp³-hybridized carbons (Fsp3) is 0.211. The minimum Gasteiger partial charge on any atom is -0.497 e. The Kier molecular flexibility index (Phi) is 5.64. The van der Waals surface area contributed by atoms with Gasteiger partial charge in [0.2, 0.25) is 0 Å². The number of hydrogen-bond donors (Lipinski definition) is 0. The monoisotopic (exact) mass is 387 g/mol. The molecule has 1 heterocycles. The van der Waals surface area contributed by atoms with Crippen LogP contribution in [0.2, 0.25) is 5.02 Å². The van der Waals surface area contributed by atoms with E-state index < -0.39 is 0 Å². The van der Waals surface area contributed by atoms with Gasteiger partial charge in [-0.25, -0.2) is 0 Å².